The monoisotopic (exact) mass is 608 g/mol. The van der Waals surface area contributed by atoms with Crippen LogP contribution in [0.1, 0.15) is 39.5 Å². The molecule has 11 heteroatoms. The van der Waals surface area contributed by atoms with Crippen LogP contribution >= 0.6 is 0 Å². The van der Waals surface area contributed by atoms with E-state index < -0.39 is 55.2 Å². The van der Waals surface area contributed by atoms with Crippen LogP contribution in [0.4, 0.5) is 4.79 Å². The molecule has 0 bridgehead atoms. The Bertz CT molecular complexity index is 1400. The van der Waals surface area contributed by atoms with Crippen molar-refractivity contribution >= 4 is 12.0 Å². The van der Waals surface area contributed by atoms with Crippen LogP contribution in [0.5, 0.6) is 5.75 Å². The fourth-order valence-corrected chi connectivity index (χ4v) is 5.29. The smallest absolute Gasteiger partial charge is 0.328 e. The highest BCUT2D eigenvalue weighted by atomic mass is 16.5. The standard InChI is InChI=1S/C33H40N2O9/c1-19-14-26(37)24(31-30(40)29(39)28(38)27(18-36)44-31)17-23(19)15-22-10-8-20(9-11-22)12-13-34-33(42)35-25(32(41)43-2)16-21-6-4-3-5-7-21/h3-11,14,17,25,27-31,36-40H,12-13,15-16,18H2,1-2H3,(H2,34,35,42)/t25-,27+,28+,29-,30+,31-/m0/s1. The number of benzene rings is 3. The number of aliphatic hydroxyl groups excluding tert-OH is 4. The Balaban J connectivity index is 1.34. The van der Waals surface area contributed by atoms with Gasteiger partial charge in [-0.15, -0.1) is 0 Å². The third-order valence-corrected chi connectivity index (χ3v) is 7.87. The van der Waals surface area contributed by atoms with Crippen LogP contribution < -0.4 is 10.6 Å². The van der Waals surface area contributed by atoms with E-state index in [-0.39, 0.29) is 11.3 Å². The van der Waals surface area contributed by atoms with Gasteiger partial charge in [0.15, 0.2) is 0 Å². The minimum Gasteiger partial charge on any atom is -0.508 e. The normalized spacial score (nSPS) is 22.2. The van der Waals surface area contributed by atoms with E-state index in [4.69, 9.17) is 9.47 Å². The molecule has 0 unspecified atom stereocenters. The number of phenols is 1. The van der Waals surface area contributed by atoms with E-state index in [0.29, 0.717) is 25.8 Å². The van der Waals surface area contributed by atoms with Gasteiger partial charge < -0.3 is 45.6 Å². The number of hydrogen-bond acceptors (Lipinski definition) is 9. The lowest BCUT2D eigenvalue weighted by Crippen LogP contribution is -2.55. The Morgan fingerprint density at radius 2 is 1.61 bits per heavy atom. The molecule has 0 spiro atoms. The van der Waals surface area contributed by atoms with E-state index >= 15 is 0 Å². The van der Waals surface area contributed by atoms with Crippen LogP contribution in [0.25, 0.3) is 0 Å². The molecule has 1 aliphatic rings. The average Bonchev–Trinajstić information content (AvgIpc) is 3.02. The van der Waals surface area contributed by atoms with E-state index in [2.05, 4.69) is 10.6 Å². The second-order valence-corrected chi connectivity index (χ2v) is 11.0. The summed E-state index contributed by atoms with van der Waals surface area (Å²) >= 11 is 0. The Morgan fingerprint density at radius 1 is 0.932 bits per heavy atom. The van der Waals surface area contributed by atoms with Crippen LogP contribution in [0.15, 0.2) is 66.7 Å². The van der Waals surface area contributed by atoms with Gasteiger partial charge in [-0.05, 0) is 59.7 Å². The second kappa shape index (κ2) is 15.1. The fraction of sp³-hybridized carbons (Fsp3) is 0.394. The Kier molecular flexibility index (Phi) is 11.3. The number of esters is 1. The molecule has 0 aromatic heterocycles. The van der Waals surface area contributed by atoms with Crippen LogP contribution in [-0.4, -0.2) is 88.3 Å². The quantitative estimate of drug-likeness (QED) is 0.159. The number of rotatable bonds is 11. The molecule has 1 fully saturated rings. The van der Waals surface area contributed by atoms with Gasteiger partial charge in [-0.3, -0.25) is 0 Å². The zero-order chi connectivity index (χ0) is 31.8. The van der Waals surface area contributed by atoms with Crippen molar-refractivity contribution in [2.24, 2.45) is 0 Å². The first kappa shape index (κ1) is 32.9. The van der Waals surface area contributed by atoms with E-state index in [0.717, 1.165) is 27.8 Å². The maximum atomic E-state index is 12.5. The van der Waals surface area contributed by atoms with Crippen LogP contribution in [-0.2, 0) is 33.5 Å². The summed E-state index contributed by atoms with van der Waals surface area (Å²) in [4.78, 5) is 24.7. The minimum absolute atomic E-state index is 0.125. The molecule has 0 radical (unpaired) electrons. The van der Waals surface area contributed by atoms with Crippen LogP contribution in [0.2, 0.25) is 0 Å². The number of phenolic OH excluding ortho intramolecular Hbond substituents is 1. The molecule has 11 nitrogen and oxygen atoms in total. The van der Waals surface area contributed by atoms with Crippen molar-refractivity contribution < 1.29 is 44.6 Å². The maximum absolute atomic E-state index is 12.5. The highest BCUT2D eigenvalue weighted by Crippen LogP contribution is 2.38. The number of aromatic hydroxyl groups is 1. The van der Waals surface area contributed by atoms with Crippen molar-refractivity contribution in [1.82, 2.24) is 10.6 Å². The number of carbonyl (C=O) groups excluding carboxylic acids is 2. The molecule has 2 amide bonds. The summed E-state index contributed by atoms with van der Waals surface area (Å²) in [5.74, 6) is -0.649. The summed E-state index contributed by atoms with van der Waals surface area (Å²) in [6.07, 6.45) is -5.38. The van der Waals surface area contributed by atoms with E-state index in [1.165, 1.54) is 7.11 Å². The SMILES string of the molecule is COC(=O)[C@H](Cc1ccccc1)NC(=O)NCCc1ccc(Cc2cc([C@@H]3O[C@H](CO)[C@@H](O)[C@H](O)[C@H]3O)c(O)cc2C)cc1. The van der Waals surface area contributed by atoms with Crippen LogP contribution in [0, 0.1) is 6.92 Å². The molecule has 4 rings (SSSR count). The van der Waals surface area contributed by atoms with Crippen molar-refractivity contribution in [3.63, 3.8) is 0 Å². The highest BCUT2D eigenvalue weighted by molar-refractivity contribution is 5.83. The first-order valence-corrected chi connectivity index (χ1v) is 14.5. The molecule has 1 heterocycles. The molecule has 6 atom stereocenters. The molecule has 0 aliphatic carbocycles. The topological polar surface area (TPSA) is 178 Å². The highest BCUT2D eigenvalue weighted by Gasteiger charge is 2.44. The number of ether oxygens (including phenoxy) is 2. The molecule has 44 heavy (non-hydrogen) atoms. The summed E-state index contributed by atoms with van der Waals surface area (Å²) in [5.41, 5.74) is 4.80. The molecular formula is C33H40N2O9. The van der Waals surface area contributed by atoms with Gasteiger partial charge in [0.05, 0.1) is 13.7 Å². The van der Waals surface area contributed by atoms with Gasteiger partial charge >= 0.3 is 12.0 Å². The Labute approximate surface area is 256 Å². The van der Waals surface area contributed by atoms with E-state index in [9.17, 15) is 35.1 Å². The third kappa shape index (κ3) is 8.13. The molecule has 7 N–H and O–H groups in total. The largest absolute Gasteiger partial charge is 0.508 e. The van der Waals surface area contributed by atoms with Gasteiger partial charge in [-0.2, -0.15) is 0 Å². The van der Waals surface area contributed by atoms with Crippen molar-refractivity contribution in [3.8, 4) is 5.75 Å². The number of aryl methyl sites for hydroxylation is 1. The minimum atomic E-state index is -1.55. The lowest BCUT2D eigenvalue weighted by Gasteiger charge is -2.40. The van der Waals surface area contributed by atoms with Gasteiger partial charge in [0.25, 0.3) is 0 Å². The van der Waals surface area contributed by atoms with Crippen molar-refractivity contribution in [2.75, 3.05) is 20.3 Å². The number of hydrogen-bond donors (Lipinski definition) is 7. The first-order chi connectivity index (χ1) is 21.1. The third-order valence-electron chi connectivity index (χ3n) is 7.87. The summed E-state index contributed by atoms with van der Waals surface area (Å²) < 4.78 is 10.5. The van der Waals surface area contributed by atoms with Crippen molar-refractivity contribution in [1.29, 1.82) is 0 Å². The summed E-state index contributed by atoms with van der Waals surface area (Å²) in [7, 11) is 1.28. The van der Waals surface area contributed by atoms with Crippen LogP contribution in [0.3, 0.4) is 0 Å². The lowest BCUT2D eigenvalue weighted by atomic mass is 9.88. The predicted octanol–water partition coefficient (Wildman–Crippen LogP) is 1.43. The van der Waals surface area contributed by atoms with Gasteiger partial charge in [-0.1, -0.05) is 54.6 Å². The summed E-state index contributed by atoms with van der Waals surface area (Å²) in [6, 6.07) is 19.2. The predicted molar refractivity (Wildman–Crippen MR) is 161 cm³/mol. The number of urea groups is 1. The maximum Gasteiger partial charge on any atom is 0.328 e. The molecule has 236 valence electrons. The van der Waals surface area contributed by atoms with E-state index in [1.54, 1.807) is 12.1 Å². The molecule has 0 saturated carbocycles. The molecule has 3 aromatic rings. The second-order valence-electron chi connectivity index (χ2n) is 11.0. The van der Waals surface area contributed by atoms with Crippen molar-refractivity contribution in [2.45, 2.75) is 62.7 Å². The zero-order valence-corrected chi connectivity index (χ0v) is 24.7. The van der Waals surface area contributed by atoms with E-state index in [1.807, 2.05) is 61.5 Å². The molecule has 1 aliphatic heterocycles. The summed E-state index contributed by atoms with van der Waals surface area (Å²) in [5, 5.41) is 56.5. The summed E-state index contributed by atoms with van der Waals surface area (Å²) in [6.45, 7) is 1.64. The Hall–Kier alpha value is -4.00. The average molecular weight is 609 g/mol. The van der Waals surface area contributed by atoms with Crippen molar-refractivity contribution in [3.05, 3.63) is 100 Å². The van der Waals surface area contributed by atoms with Gasteiger partial charge in [0.2, 0.25) is 0 Å². The number of amides is 2. The molecule has 3 aromatic carbocycles. The lowest BCUT2D eigenvalue weighted by molar-refractivity contribution is -0.232. The zero-order valence-electron chi connectivity index (χ0n) is 24.7. The first-order valence-electron chi connectivity index (χ1n) is 14.5. The van der Waals surface area contributed by atoms with Gasteiger partial charge in [0.1, 0.15) is 42.3 Å². The number of nitrogens with one attached hydrogen (secondary N) is 2. The number of carbonyl (C=O) groups is 2. The van der Waals surface area contributed by atoms with Gasteiger partial charge in [0, 0.05) is 18.5 Å². The number of methoxy groups -OCH3 is 1. The number of aliphatic hydroxyl groups is 4. The molecule has 1 saturated heterocycles. The molecular weight excluding hydrogens is 568 g/mol. The fourth-order valence-electron chi connectivity index (χ4n) is 5.29. The van der Waals surface area contributed by atoms with Gasteiger partial charge in [-0.25, -0.2) is 9.59 Å². The Morgan fingerprint density at radius 3 is 2.27 bits per heavy atom.